The van der Waals surface area contributed by atoms with Crippen molar-refractivity contribution in [2.75, 3.05) is 59.0 Å². The summed E-state index contributed by atoms with van der Waals surface area (Å²) < 4.78 is 17.9. The zero-order valence-corrected chi connectivity index (χ0v) is 21.3. The lowest BCUT2D eigenvalue weighted by Crippen LogP contribution is -2.49. The number of nitrogens with zero attached hydrogens (tertiary/aromatic N) is 6. The van der Waals surface area contributed by atoms with E-state index in [1.54, 1.807) is 26.0 Å². The van der Waals surface area contributed by atoms with Crippen molar-refractivity contribution in [3.63, 3.8) is 0 Å². The number of rotatable bonds is 9. The van der Waals surface area contributed by atoms with Crippen molar-refractivity contribution < 1.29 is 14.2 Å². The average Bonchev–Trinajstić information content (AvgIpc) is 3.40. The summed E-state index contributed by atoms with van der Waals surface area (Å²) >= 11 is 0. The van der Waals surface area contributed by atoms with Crippen molar-refractivity contribution in [3.8, 4) is 11.5 Å². The molecule has 2 aromatic carbocycles. The molecule has 1 aliphatic rings. The van der Waals surface area contributed by atoms with Gasteiger partial charge in [0, 0.05) is 44.9 Å². The van der Waals surface area contributed by atoms with Gasteiger partial charge in [0.1, 0.15) is 17.5 Å². The van der Waals surface area contributed by atoms with Gasteiger partial charge in [-0.25, -0.2) is 4.68 Å². The number of piperazine rings is 1. The van der Waals surface area contributed by atoms with Crippen LogP contribution in [-0.2, 0) is 11.3 Å². The number of benzene rings is 2. The number of hydrogen-bond donors (Lipinski definition) is 1. The van der Waals surface area contributed by atoms with E-state index in [-0.39, 0.29) is 5.56 Å². The van der Waals surface area contributed by atoms with Crippen molar-refractivity contribution in [3.05, 3.63) is 70.3 Å². The minimum absolute atomic E-state index is 0.181. The zero-order chi connectivity index (χ0) is 25.8. The van der Waals surface area contributed by atoms with Gasteiger partial charge in [-0.2, -0.15) is 0 Å². The first-order valence-electron chi connectivity index (χ1n) is 12.2. The number of H-pyrrole nitrogens is 1. The monoisotopic (exact) mass is 505 g/mol. The largest absolute Gasteiger partial charge is 0.497 e. The predicted molar refractivity (Wildman–Crippen MR) is 139 cm³/mol. The standard InChI is InChI=1S/C26H31N7O4/c1-35-15-14-33-25(28-29-30-33)24(20-16-18-8-9-19(36-2)17-21(18)27-26(20)34)32-12-10-31(11-13-32)22-6-4-5-7-23(22)37-3/h4-9,16-17,24H,10-15H2,1-3H3,(H,27,34)/t24-/m1/s1. The van der Waals surface area contributed by atoms with Crippen LogP contribution in [0.1, 0.15) is 17.4 Å². The molecule has 0 saturated carbocycles. The topological polar surface area (TPSA) is 111 Å². The highest BCUT2D eigenvalue weighted by molar-refractivity contribution is 5.80. The normalized spacial score (nSPS) is 15.2. The second-order valence-corrected chi connectivity index (χ2v) is 8.86. The number of hydrogen-bond acceptors (Lipinski definition) is 9. The van der Waals surface area contributed by atoms with E-state index < -0.39 is 6.04 Å². The van der Waals surface area contributed by atoms with Crippen LogP contribution in [0.5, 0.6) is 11.5 Å². The Labute approximate surface area is 214 Å². The van der Waals surface area contributed by atoms with Gasteiger partial charge >= 0.3 is 0 Å². The fourth-order valence-corrected chi connectivity index (χ4v) is 4.88. The van der Waals surface area contributed by atoms with E-state index in [0.717, 1.165) is 29.9 Å². The molecule has 37 heavy (non-hydrogen) atoms. The van der Waals surface area contributed by atoms with Gasteiger partial charge in [0.15, 0.2) is 5.82 Å². The predicted octanol–water partition coefficient (Wildman–Crippen LogP) is 2.09. The van der Waals surface area contributed by atoms with Gasteiger partial charge in [-0.3, -0.25) is 9.69 Å². The number of aromatic nitrogens is 5. The van der Waals surface area contributed by atoms with Gasteiger partial charge in [-0.1, -0.05) is 12.1 Å². The molecule has 1 saturated heterocycles. The van der Waals surface area contributed by atoms with Crippen molar-refractivity contribution in [1.82, 2.24) is 30.1 Å². The fourth-order valence-electron chi connectivity index (χ4n) is 4.88. The Hall–Kier alpha value is -3.96. The van der Waals surface area contributed by atoms with Crippen LogP contribution < -0.4 is 19.9 Å². The van der Waals surface area contributed by atoms with Crippen LogP contribution in [0.15, 0.2) is 53.3 Å². The highest BCUT2D eigenvalue weighted by Gasteiger charge is 2.33. The van der Waals surface area contributed by atoms with Crippen LogP contribution in [0.2, 0.25) is 0 Å². The average molecular weight is 506 g/mol. The number of nitrogens with one attached hydrogen (secondary N) is 1. The molecule has 3 heterocycles. The molecule has 1 fully saturated rings. The van der Waals surface area contributed by atoms with Crippen molar-refractivity contribution >= 4 is 16.6 Å². The minimum atomic E-state index is -0.429. The summed E-state index contributed by atoms with van der Waals surface area (Å²) in [4.78, 5) is 21.1. The second-order valence-electron chi connectivity index (χ2n) is 8.86. The number of ether oxygens (including phenoxy) is 3. The van der Waals surface area contributed by atoms with E-state index >= 15 is 0 Å². The number of methoxy groups -OCH3 is 3. The van der Waals surface area contributed by atoms with Gasteiger partial charge in [0.2, 0.25) is 0 Å². The van der Waals surface area contributed by atoms with E-state index in [1.807, 2.05) is 42.5 Å². The third-order valence-electron chi connectivity index (χ3n) is 6.79. The Morgan fingerprint density at radius 1 is 1.00 bits per heavy atom. The summed E-state index contributed by atoms with van der Waals surface area (Å²) in [5.74, 6) is 2.14. The van der Waals surface area contributed by atoms with Gasteiger partial charge in [0.25, 0.3) is 5.56 Å². The quantitative estimate of drug-likeness (QED) is 0.366. The van der Waals surface area contributed by atoms with E-state index in [1.165, 1.54) is 0 Å². The Bertz CT molecular complexity index is 1410. The van der Waals surface area contributed by atoms with Crippen molar-refractivity contribution in [2.24, 2.45) is 0 Å². The van der Waals surface area contributed by atoms with Crippen LogP contribution in [0.25, 0.3) is 10.9 Å². The molecule has 11 heteroatoms. The van der Waals surface area contributed by atoms with Crippen molar-refractivity contribution in [2.45, 2.75) is 12.6 Å². The number of aromatic amines is 1. The number of para-hydroxylation sites is 2. The number of pyridine rings is 1. The highest BCUT2D eigenvalue weighted by atomic mass is 16.5. The third-order valence-corrected chi connectivity index (χ3v) is 6.79. The maximum Gasteiger partial charge on any atom is 0.253 e. The lowest BCUT2D eigenvalue weighted by Gasteiger charge is -2.40. The lowest BCUT2D eigenvalue weighted by atomic mass is 10.0. The molecule has 0 unspecified atom stereocenters. The Kier molecular flexibility index (Phi) is 7.33. The summed E-state index contributed by atoms with van der Waals surface area (Å²) in [5.41, 5.74) is 2.19. The maximum absolute atomic E-state index is 13.5. The highest BCUT2D eigenvalue weighted by Crippen LogP contribution is 2.32. The molecular weight excluding hydrogens is 474 g/mol. The first-order valence-corrected chi connectivity index (χ1v) is 12.2. The first-order chi connectivity index (χ1) is 18.1. The van der Waals surface area contributed by atoms with Crippen LogP contribution in [0.4, 0.5) is 5.69 Å². The molecule has 0 spiro atoms. The van der Waals surface area contributed by atoms with Crippen LogP contribution in [-0.4, -0.2) is 84.2 Å². The van der Waals surface area contributed by atoms with E-state index in [2.05, 4.69) is 36.4 Å². The number of anilines is 1. The molecule has 1 N–H and O–H groups in total. The molecule has 4 aromatic rings. The molecular formula is C26H31N7O4. The smallest absolute Gasteiger partial charge is 0.253 e. The minimum Gasteiger partial charge on any atom is -0.497 e. The molecule has 11 nitrogen and oxygen atoms in total. The summed E-state index contributed by atoms with van der Waals surface area (Å²) in [5, 5.41) is 13.4. The molecule has 194 valence electrons. The molecule has 0 radical (unpaired) electrons. The zero-order valence-electron chi connectivity index (χ0n) is 21.3. The molecule has 2 aromatic heterocycles. The van der Waals surface area contributed by atoms with Crippen LogP contribution >= 0.6 is 0 Å². The Morgan fingerprint density at radius 2 is 1.81 bits per heavy atom. The SMILES string of the molecule is COCCn1nnnc1[C@@H](c1cc2ccc(OC)cc2[nH]c1=O)N1CCN(c2ccccc2OC)CC1. The summed E-state index contributed by atoms with van der Waals surface area (Å²) in [6, 6.07) is 15.2. The van der Waals surface area contributed by atoms with Gasteiger partial charge in [0.05, 0.1) is 38.6 Å². The number of tetrazole rings is 1. The second kappa shape index (κ2) is 11.0. The molecule has 0 bridgehead atoms. The van der Waals surface area contributed by atoms with Crippen LogP contribution in [0, 0.1) is 0 Å². The van der Waals surface area contributed by atoms with E-state index in [0.29, 0.717) is 48.9 Å². The molecule has 5 rings (SSSR count). The first kappa shape index (κ1) is 24.7. The molecule has 0 aliphatic carbocycles. The third kappa shape index (κ3) is 5.00. The molecule has 1 aliphatic heterocycles. The lowest BCUT2D eigenvalue weighted by molar-refractivity contribution is 0.171. The molecule has 1 atom stereocenters. The Balaban J connectivity index is 1.51. The van der Waals surface area contributed by atoms with Crippen molar-refractivity contribution in [1.29, 1.82) is 0 Å². The number of fused-ring (bicyclic) bond motifs is 1. The Morgan fingerprint density at radius 3 is 2.57 bits per heavy atom. The van der Waals surface area contributed by atoms with Crippen LogP contribution in [0.3, 0.4) is 0 Å². The maximum atomic E-state index is 13.5. The fraction of sp³-hybridized carbons (Fsp3) is 0.385. The summed E-state index contributed by atoms with van der Waals surface area (Å²) in [7, 11) is 4.93. The summed E-state index contributed by atoms with van der Waals surface area (Å²) in [6.07, 6.45) is 0. The van der Waals surface area contributed by atoms with E-state index in [4.69, 9.17) is 14.2 Å². The van der Waals surface area contributed by atoms with Gasteiger partial charge < -0.3 is 24.1 Å². The molecule has 0 amide bonds. The van der Waals surface area contributed by atoms with E-state index in [9.17, 15) is 4.79 Å². The van der Waals surface area contributed by atoms with Gasteiger partial charge in [-0.05, 0) is 46.1 Å². The van der Waals surface area contributed by atoms with Gasteiger partial charge in [-0.15, -0.1) is 5.10 Å². The summed E-state index contributed by atoms with van der Waals surface area (Å²) in [6.45, 7) is 3.89.